The maximum absolute atomic E-state index is 13.2. The minimum Gasteiger partial charge on any atom is -0.467 e. The Bertz CT molecular complexity index is 1510. The molecule has 5 rings (SSSR count). The van der Waals surface area contributed by atoms with Gasteiger partial charge >= 0.3 is 6.18 Å². The fourth-order valence-electron chi connectivity index (χ4n) is 3.92. The Morgan fingerprint density at radius 2 is 1.78 bits per heavy atom. The lowest BCUT2D eigenvalue weighted by atomic mass is 10.1. The molecule has 8 nitrogen and oxygen atoms in total. The van der Waals surface area contributed by atoms with Gasteiger partial charge in [-0.15, -0.1) is 0 Å². The fourth-order valence-corrected chi connectivity index (χ4v) is 3.92. The van der Waals surface area contributed by atoms with Gasteiger partial charge in [0.15, 0.2) is 0 Å². The monoisotopic (exact) mass is 494 g/mol. The van der Waals surface area contributed by atoms with Crippen molar-refractivity contribution in [2.24, 2.45) is 0 Å². The first-order valence-corrected chi connectivity index (χ1v) is 10.7. The fraction of sp³-hybridized carbons (Fsp3) is 0.120. The number of benzene rings is 2. The molecule has 0 bridgehead atoms. The molecule has 0 fully saturated rings. The van der Waals surface area contributed by atoms with E-state index in [2.05, 4.69) is 10.4 Å². The van der Waals surface area contributed by atoms with Crippen LogP contribution >= 0.6 is 0 Å². The quantitative estimate of drug-likeness (QED) is 0.401. The third kappa shape index (κ3) is 4.15. The van der Waals surface area contributed by atoms with Crippen LogP contribution in [-0.4, -0.2) is 32.4 Å². The number of carbonyl (C=O) groups excluding carboxylic acids is 3. The molecule has 3 heterocycles. The van der Waals surface area contributed by atoms with Crippen molar-refractivity contribution in [3.63, 3.8) is 0 Å². The number of imide groups is 1. The van der Waals surface area contributed by atoms with E-state index in [0.29, 0.717) is 11.5 Å². The lowest BCUT2D eigenvalue weighted by molar-refractivity contribution is -0.137. The van der Waals surface area contributed by atoms with Gasteiger partial charge in [0.25, 0.3) is 17.7 Å². The van der Waals surface area contributed by atoms with Crippen molar-refractivity contribution in [2.45, 2.75) is 19.6 Å². The maximum Gasteiger partial charge on any atom is 0.416 e. The zero-order chi connectivity index (χ0) is 25.6. The third-order valence-electron chi connectivity index (χ3n) is 5.62. The number of rotatable bonds is 5. The smallest absolute Gasteiger partial charge is 0.416 e. The van der Waals surface area contributed by atoms with Crippen molar-refractivity contribution in [3.8, 4) is 5.69 Å². The largest absolute Gasteiger partial charge is 0.467 e. The van der Waals surface area contributed by atoms with E-state index >= 15 is 0 Å². The van der Waals surface area contributed by atoms with Crippen LogP contribution < -0.4 is 5.32 Å². The summed E-state index contributed by atoms with van der Waals surface area (Å²) in [5.41, 5.74) is 0.0350. The van der Waals surface area contributed by atoms with Gasteiger partial charge in [-0.2, -0.15) is 18.3 Å². The van der Waals surface area contributed by atoms with Gasteiger partial charge in [-0.1, -0.05) is 6.07 Å². The lowest BCUT2D eigenvalue weighted by Crippen LogP contribution is -2.28. The number of carbonyl (C=O) groups is 3. The summed E-state index contributed by atoms with van der Waals surface area (Å²) in [4.78, 5) is 39.6. The van der Waals surface area contributed by atoms with Crippen LogP contribution in [0.4, 0.5) is 19.0 Å². The number of hydrogen-bond donors (Lipinski definition) is 1. The molecule has 0 unspecified atom stereocenters. The number of fused-ring (bicyclic) bond motifs is 1. The number of furan rings is 1. The molecule has 2 aromatic carbocycles. The molecule has 2 aromatic heterocycles. The second-order valence-corrected chi connectivity index (χ2v) is 8.12. The lowest BCUT2D eigenvalue weighted by Gasteiger charge is -2.12. The van der Waals surface area contributed by atoms with E-state index in [1.54, 1.807) is 19.1 Å². The molecule has 0 saturated carbocycles. The van der Waals surface area contributed by atoms with E-state index in [0.717, 1.165) is 17.0 Å². The number of anilines is 1. The molecule has 36 heavy (non-hydrogen) atoms. The average Bonchev–Trinajstić information content (AvgIpc) is 3.55. The van der Waals surface area contributed by atoms with E-state index < -0.39 is 29.5 Å². The summed E-state index contributed by atoms with van der Waals surface area (Å²) in [7, 11) is 0. The molecule has 1 aliphatic heterocycles. The number of aryl methyl sites for hydroxylation is 1. The van der Waals surface area contributed by atoms with Crippen LogP contribution in [0.3, 0.4) is 0 Å². The predicted molar refractivity (Wildman–Crippen MR) is 121 cm³/mol. The normalized spacial score (nSPS) is 13.3. The minimum absolute atomic E-state index is 0.0453. The summed E-state index contributed by atoms with van der Waals surface area (Å²) >= 11 is 0. The molecule has 182 valence electrons. The highest BCUT2D eigenvalue weighted by atomic mass is 19.4. The van der Waals surface area contributed by atoms with E-state index in [-0.39, 0.29) is 34.7 Å². The maximum atomic E-state index is 13.2. The van der Waals surface area contributed by atoms with Crippen LogP contribution in [0.15, 0.2) is 71.3 Å². The Balaban J connectivity index is 1.41. The summed E-state index contributed by atoms with van der Waals surface area (Å²) < 4.78 is 45.9. The predicted octanol–water partition coefficient (Wildman–Crippen LogP) is 4.84. The highest BCUT2D eigenvalue weighted by molar-refractivity contribution is 6.22. The Morgan fingerprint density at radius 1 is 1.00 bits per heavy atom. The molecule has 11 heteroatoms. The summed E-state index contributed by atoms with van der Waals surface area (Å²) in [5, 5.41) is 6.82. The molecule has 0 aliphatic carbocycles. The molecular formula is C25H17F3N4O4. The second kappa shape index (κ2) is 8.52. The second-order valence-electron chi connectivity index (χ2n) is 8.12. The van der Waals surface area contributed by atoms with Gasteiger partial charge in [-0.05, 0) is 55.5 Å². The number of alkyl halides is 3. The van der Waals surface area contributed by atoms with Gasteiger partial charge in [0.2, 0.25) is 0 Å². The highest BCUT2D eigenvalue weighted by Crippen LogP contribution is 2.31. The van der Waals surface area contributed by atoms with Gasteiger partial charge in [-0.25, -0.2) is 4.68 Å². The Morgan fingerprint density at radius 3 is 2.50 bits per heavy atom. The van der Waals surface area contributed by atoms with Crippen molar-refractivity contribution in [2.75, 3.05) is 5.32 Å². The SMILES string of the molecule is Cc1cc(NC(=O)c2ccc3c(c2)C(=O)N(Cc2ccco2)C3=O)n(-c2cccc(C(F)(F)F)c2)n1. The van der Waals surface area contributed by atoms with Crippen molar-refractivity contribution in [1.29, 1.82) is 0 Å². The first-order valence-electron chi connectivity index (χ1n) is 10.7. The first-order chi connectivity index (χ1) is 17.1. The van der Waals surface area contributed by atoms with Crippen molar-refractivity contribution >= 4 is 23.5 Å². The number of halogens is 3. The minimum atomic E-state index is -4.54. The van der Waals surface area contributed by atoms with Crippen LogP contribution in [0.5, 0.6) is 0 Å². The standard InChI is InChI=1S/C25H17F3N4O4/c1-14-10-21(32(30-14)17-5-2-4-16(12-17)25(26,27)28)29-22(33)15-7-8-19-20(11-15)24(35)31(23(19)34)13-18-6-3-9-36-18/h2-12H,13H2,1H3,(H,29,33). The zero-order valence-electron chi connectivity index (χ0n) is 18.7. The highest BCUT2D eigenvalue weighted by Gasteiger charge is 2.36. The Kier molecular flexibility index (Phi) is 5.47. The van der Waals surface area contributed by atoms with Crippen LogP contribution in [0.1, 0.15) is 48.1 Å². The molecular weight excluding hydrogens is 477 g/mol. The molecule has 0 saturated heterocycles. The molecule has 0 atom stereocenters. The van der Waals surface area contributed by atoms with Crippen molar-refractivity contribution in [1.82, 2.24) is 14.7 Å². The molecule has 1 aliphatic rings. The van der Waals surface area contributed by atoms with Crippen molar-refractivity contribution in [3.05, 3.63) is 101 Å². The number of nitrogens with one attached hydrogen (secondary N) is 1. The Labute approximate surface area is 201 Å². The first kappa shape index (κ1) is 23.1. The van der Waals surface area contributed by atoms with E-state index in [4.69, 9.17) is 4.42 Å². The summed E-state index contributed by atoms with van der Waals surface area (Å²) in [6.45, 7) is 1.59. The molecule has 0 radical (unpaired) electrons. The van der Waals surface area contributed by atoms with Gasteiger partial charge in [-0.3, -0.25) is 19.3 Å². The summed E-state index contributed by atoms with van der Waals surface area (Å²) in [5.74, 6) is -1.13. The van der Waals surface area contributed by atoms with Gasteiger partial charge < -0.3 is 9.73 Å². The van der Waals surface area contributed by atoms with E-state index in [1.165, 1.54) is 47.3 Å². The van der Waals surface area contributed by atoms with Crippen LogP contribution in [0.2, 0.25) is 0 Å². The number of amides is 3. The van der Waals surface area contributed by atoms with Gasteiger partial charge in [0.05, 0.1) is 40.9 Å². The number of aromatic nitrogens is 2. The zero-order valence-corrected chi connectivity index (χ0v) is 18.7. The van der Waals surface area contributed by atoms with E-state index in [1.807, 2.05) is 0 Å². The molecule has 0 spiro atoms. The van der Waals surface area contributed by atoms with Gasteiger partial charge in [0.1, 0.15) is 11.6 Å². The van der Waals surface area contributed by atoms with Crippen LogP contribution in [0, 0.1) is 6.92 Å². The summed E-state index contributed by atoms with van der Waals surface area (Å²) in [6, 6.07) is 13.4. The topological polar surface area (TPSA) is 97.4 Å². The third-order valence-corrected chi connectivity index (χ3v) is 5.62. The molecule has 4 aromatic rings. The van der Waals surface area contributed by atoms with Gasteiger partial charge in [0, 0.05) is 11.6 Å². The number of hydrogen-bond acceptors (Lipinski definition) is 5. The number of nitrogens with zero attached hydrogens (tertiary/aromatic N) is 3. The molecule has 1 N–H and O–H groups in total. The summed E-state index contributed by atoms with van der Waals surface area (Å²) in [6.07, 6.45) is -3.11. The average molecular weight is 494 g/mol. The van der Waals surface area contributed by atoms with Crippen LogP contribution in [-0.2, 0) is 12.7 Å². The van der Waals surface area contributed by atoms with Crippen molar-refractivity contribution < 1.29 is 32.0 Å². The van der Waals surface area contributed by atoms with E-state index in [9.17, 15) is 27.6 Å². The molecule has 3 amide bonds. The van der Waals surface area contributed by atoms with Crippen LogP contribution in [0.25, 0.3) is 5.69 Å². The Hall–Kier alpha value is -4.67.